The first-order valence-electron chi connectivity index (χ1n) is 18.8. The van der Waals surface area contributed by atoms with Crippen LogP contribution >= 0.6 is 0 Å². The van der Waals surface area contributed by atoms with Crippen LogP contribution in [0.15, 0.2) is 66.9 Å². The Hall–Kier alpha value is -3.65. The highest BCUT2D eigenvalue weighted by molar-refractivity contribution is 5.94. The molecule has 1 N–H and O–H groups in total. The van der Waals surface area contributed by atoms with Crippen molar-refractivity contribution < 1.29 is 9.90 Å². The molecule has 0 amide bonds. The van der Waals surface area contributed by atoms with Crippen molar-refractivity contribution >= 4 is 23.0 Å². The molecule has 7 rings (SSSR count). The summed E-state index contributed by atoms with van der Waals surface area (Å²) in [7, 11) is 0. The molecule has 0 aromatic heterocycles. The Balaban J connectivity index is 0.000000778. The molecule has 0 spiro atoms. The van der Waals surface area contributed by atoms with Crippen LogP contribution in [-0.4, -0.2) is 10.9 Å². The summed E-state index contributed by atoms with van der Waals surface area (Å²) in [5, 5.41) is 10.2. The molecule has 2 heteroatoms. The number of carbonyl (C=O) groups excluding carboxylic acids is 1. The molecule has 1 unspecified atom stereocenters. The van der Waals surface area contributed by atoms with E-state index in [2.05, 4.69) is 116 Å². The number of carbonyl (C=O) groups is 1. The third-order valence-electron chi connectivity index (χ3n) is 11.5. The number of allylic oxidation sites excluding steroid dienone is 4. The molecule has 3 aromatic rings. The molecule has 2 nitrogen and oxygen atoms in total. The number of ketones is 1. The fourth-order valence-electron chi connectivity index (χ4n) is 8.85. The van der Waals surface area contributed by atoms with E-state index in [1.54, 1.807) is 12.5 Å². The van der Waals surface area contributed by atoms with Gasteiger partial charge in [-0.2, -0.15) is 0 Å². The molecule has 2 saturated carbocycles. The molecule has 0 heterocycles. The van der Waals surface area contributed by atoms with Crippen molar-refractivity contribution in [2.75, 3.05) is 0 Å². The average Bonchev–Trinajstić information content (AvgIpc) is 3.57. The van der Waals surface area contributed by atoms with Gasteiger partial charge in [-0.05, 0) is 156 Å². The zero-order valence-electron chi connectivity index (χ0n) is 31.4. The average molecular weight is 655 g/mol. The summed E-state index contributed by atoms with van der Waals surface area (Å²) < 4.78 is 0. The smallest absolute Gasteiger partial charge is 0.132 e. The SMILES string of the molecule is C=C(O)Cc1c(C)cc2c(c1-c1ccc(C)cc1)CC(c1ccc3c(c1)C(C1CCC(C4CC(C(C)=O)C4)CC1)=CC3C)=C2.CC(C)(C)C. The summed E-state index contributed by atoms with van der Waals surface area (Å²) >= 11 is 0. The van der Waals surface area contributed by atoms with Crippen LogP contribution in [0.1, 0.15) is 130 Å². The third-order valence-corrected chi connectivity index (χ3v) is 11.5. The van der Waals surface area contributed by atoms with E-state index in [1.807, 2.05) is 0 Å². The Morgan fingerprint density at radius 1 is 0.898 bits per heavy atom. The van der Waals surface area contributed by atoms with Crippen molar-refractivity contribution in [1.82, 2.24) is 0 Å². The maximum absolute atomic E-state index is 11.8. The minimum absolute atomic E-state index is 0.210. The highest BCUT2D eigenvalue weighted by Crippen LogP contribution is 2.51. The molecule has 0 aliphatic heterocycles. The number of fused-ring (bicyclic) bond motifs is 2. The second-order valence-electron chi connectivity index (χ2n) is 17.4. The molecule has 4 aliphatic rings. The van der Waals surface area contributed by atoms with Gasteiger partial charge in [0.25, 0.3) is 0 Å². The van der Waals surface area contributed by atoms with Gasteiger partial charge in [-0.1, -0.05) is 101 Å². The number of benzene rings is 3. The molecule has 258 valence electrons. The summed E-state index contributed by atoms with van der Waals surface area (Å²) in [6.07, 6.45) is 13.8. The Morgan fingerprint density at radius 3 is 2.14 bits per heavy atom. The van der Waals surface area contributed by atoms with E-state index in [-0.39, 0.29) is 5.76 Å². The summed E-state index contributed by atoms with van der Waals surface area (Å²) in [4.78, 5) is 11.8. The number of Topliss-reactive ketones (excluding diaryl/α,β-unsaturated/α-hetero) is 1. The van der Waals surface area contributed by atoms with Crippen LogP contribution in [-0.2, 0) is 17.6 Å². The summed E-state index contributed by atoms with van der Waals surface area (Å²) in [5.74, 6) is 3.65. The van der Waals surface area contributed by atoms with Crippen LogP contribution in [0.2, 0.25) is 0 Å². The summed E-state index contributed by atoms with van der Waals surface area (Å²) in [6, 6.07) is 18.3. The van der Waals surface area contributed by atoms with Crippen molar-refractivity contribution in [1.29, 1.82) is 0 Å². The van der Waals surface area contributed by atoms with Crippen LogP contribution < -0.4 is 0 Å². The van der Waals surface area contributed by atoms with Crippen molar-refractivity contribution in [3.63, 3.8) is 0 Å². The first kappa shape index (κ1) is 35.2. The van der Waals surface area contributed by atoms with Crippen molar-refractivity contribution in [3.8, 4) is 11.1 Å². The second kappa shape index (κ2) is 13.9. The van der Waals surface area contributed by atoms with Crippen molar-refractivity contribution in [2.24, 2.45) is 29.1 Å². The van der Waals surface area contributed by atoms with Crippen LogP contribution in [0.4, 0.5) is 0 Å². The second-order valence-corrected chi connectivity index (χ2v) is 17.4. The normalized spacial score (nSPS) is 24.1. The van der Waals surface area contributed by atoms with Crippen LogP contribution in [0, 0.1) is 42.9 Å². The van der Waals surface area contributed by atoms with Gasteiger partial charge in [-0.25, -0.2) is 0 Å². The fourth-order valence-corrected chi connectivity index (χ4v) is 8.85. The van der Waals surface area contributed by atoms with Crippen LogP contribution in [0.5, 0.6) is 0 Å². The molecule has 0 radical (unpaired) electrons. The molecule has 4 aliphatic carbocycles. The van der Waals surface area contributed by atoms with Crippen molar-refractivity contribution in [3.05, 3.63) is 111 Å². The van der Waals surface area contributed by atoms with Gasteiger partial charge in [0.2, 0.25) is 0 Å². The van der Waals surface area contributed by atoms with Gasteiger partial charge >= 0.3 is 0 Å². The number of aliphatic hydroxyl groups is 1. The molecule has 0 bridgehead atoms. The fraction of sp³-hybridized carbons (Fsp3) is 0.468. The van der Waals surface area contributed by atoms with Crippen LogP contribution in [0.3, 0.4) is 0 Å². The predicted molar refractivity (Wildman–Crippen MR) is 209 cm³/mol. The molecule has 49 heavy (non-hydrogen) atoms. The number of hydrogen-bond donors (Lipinski definition) is 1. The number of aliphatic hydroxyl groups excluding tert-OH is 1. The Kier molecular flexibility index (Phi) is 10.0. The highest BCUT2D eigenvalue weighted by atomic mass is 16.3. The van der Waals surface area contributed by atoms with Gasteiger partial charge < -0.3 is 5.11 Å². The van der Waals surface area contributed by atoms with E-state index in [0.29, 0.717) is 35.4 Å². The summed E-state index contributed by atoms with van der Waals surface area (Å²) in [5.41, 5.74) is 16.5. The zero-order valence-corrected chi connectivity index (χ0v) is 31.4. The van der Waals surface area contributed by atoms with Gasteiger partial charge in [-0.3, -0.25) is 4.79 Å². The molecule has 1 atom stereocenters. The van der Waals surface area contributed by atoms with E-state index >= 15 is 0 Å². The van der Waals surface area contributed by atoms with E-state index in [0.717, 1.165) is 31.1 Å². The highest BCUT2D eigenvalue weighted by Gasteiger charge is 2.39. The number of hydrogen-bond acceptors (Lipinski definition) is 2. The molecule has 3 aromatic carbocycles. The van der Waals surface area contributed by atoms with E-state index in [9.17, 15) is 9.90 Å². The van der Waals surface area contributed by atoms with E-state index in [1.165, 1.54) is 86.9 Å². The lowest BCUT2D eigenvalue weighted by Crippen LogP contribution is -2.35. The Labute approximate surface area is 296 Å². The minimum atomic E-state index is 0.210. The molecular formula is C47H58O2. The summed E-state index contributed by atoms with van der Waals surface area (Å²) in [6.45, 7) is 21.0. The minimum Gasteiger partial charge on any atom is -0.513 e. The monoisotopic (exact) mass is 654 g/mol. The van der Waals surface area contributed by atoms with Gasteiger partial charge in [-0.15, -0.1) is 0 Å². The number of rotatable bonds is 7. The zero-order chi connectivity index (χ0) is 35.2. The standard InChI is InChI=1S/C42H46O2.C5H12/c1-24-6-8-31(9-7-24)42-38(18-27(4)43)25(2)16-36-21-35(23-40(36)42)32-14-15-37-26(3)17-39(41(37)22-32)30-12-10-29(11-13-30)34-19-33(20-34)28(5)44;1-5(2,3)4/h6-9,14-17,21-22,26,29-30,33-34,43H,4,10-13,18-20,23H2,1-3,5H3;1-4H3. The maximum Gasteiger partial charge on any atom is 0.132 e. The van der Waals surface area contributed by atoms with Gasteiger partial charge in [0.1, 0.15) is 5.78 Å². The Morgan fingerprint density at radius 2 is 1.53 bits per heavy atom. The topological polar surface area (TPSA) is 37.3 Å². The third kappa shape index (κ3) is 7.74. The predicted octanol–water partition coefficient (Wildman–Crippen LogP) is 12.7. The van der Waals surface area contributed by atoms with Gasteiger partial charge in [0.15, 0.2) is 0 Å². The van der Waals surface area contributed by atoms with Gasteiger partial charge in [0, 0.05) is 18.3 Å². The molecular weight excluding hydrogens is 597 g/mol. The van der Waals surface area contributed by atoms with E-state index in [4.69, 9.17) is 0 Å². The van der Waals surface area contributed by atoms with E-state index < -0.39 is 0 Å². The van der Waals surface area contributed by atoms with Crippen molar-refractivity contribution in [2.45, 2.75) is 113 Å². The lowest BCUT2D eigenvalue weighted by atomic mass is 9.62. The molecule has 0 saturated heterocycles. The van der Waals surface area contributed by atoms with Crippen LogP contribution in [0.25, 0.3) is 28.3 Å². The maximum atomic E-state index is 11.8. The first-order chi connectivity index (χ1) is 23.2. The largest absolute Gasteiger partial charge is 0.513 e. The first-order valence-corrected chi connectivity index (χ1v) is 18.8. The number of aryl methyl sites for hydroxylation is 2. The van der Waals surface area contributed by atoms with Gasteiger partial charge in [0.05, 0.1) is 5.76 Å². The molecule has 2 fully saturated rings. The lowest BCUT2D eigenvalue weighted by molar-refractivity contribution is -0.125. The lowest BCUT2D eigenvalue weighted by Gasteiger charge is -2.42. The Bertz CT molecular complexity index is 1790. The quantitative estimate of drug-likeness (QED) is 0.257.